The van der Waals surface area contributed by atoms with E-state index in [-0.39, 0.29) is 23.7 Å². The molecular weight excluding hydrogens is 502 g/mol. The molecule has 0 atom stereocenters. The molecule has 0 bridgehead atoms. The predicted molar refractivity (Wildman–Crippen MR) is 156 cm³/mol. The molecule has 2 aliphatic rings. The molecule has 0 N–H and O–H groups in total. The highest BCUT2D eigenvalue weighted by Crippen LogP contribution is 2.40. The zero-order valence-electron chi connectivity index (χ0n) is 23.8. The lowest BCUT2D eigenvalue weighted by Gasteiger charge is -2.43. The summed E-state index contributed by atoms with van der Waals surface area (Å²) >= 11 is 0. The third-order valence-corrected chi connectivity index (χ3v) is 8.03. The van der Waals surface area contributed by atoms with Crippen LogP contribution < -0.4 is 9.64 Å². The van der Waals surface area contributed by atoms with Crippen LogP contribution in [0.5, 0.6) is 5.75 Å². The van der Waals surface area contributed by atoms with Crippen LogP contribution in [0.15, 0.2) is 60.8 Å². The fraction of sp³-hybridized carbons (Fsp3) is 0.375. The number of rotatable bonds is 3. The van der Waals surface area contributed by atoms with Gasteiger partial charge in [0.05, 0.1) is 34.9 Å². The van der Waals surface area contributed by atoms with Gasteiger partial charge in [-0.1, -0.05) is 30.3 Å². The summed E-state index contributed by atoms with van der Waals surface area (Å²) in [5, 5.41) is 5.35. The number of aromatic nitrogens is 3. The Bertz CT molecular complexity index is 1610. The van der Waals surface area contributed by atoms with Crippen molar-refractivity contribution in [1.29, 1.82) is 0 Å². The van der Waals surface area contributed by atoms with Crippen LogP contribution in [0.4, 0.5) is 5.69 Å². The van der Waals surface area contributed by atoms with Crippen molar-refractivity contribution in [3.05, 3.63) is 72.1 Å². The van der Waals surface area contributed by atoms with Crippen molar-refractivity contribution in [3.63, 3.8) is 0 Å². The monoisotopic (exact) mass is 537 g/mol. The Hall–Kier alpha value is -4.20. The Kier molecular flexibility index (Phi) is 6.16. The highest BCUT2D eigenvalue weighted by molar-refractivity contribution is 6.07. The Morgan fingerprint density at radius 3 is 2.40 bits per heavy atom. The summed E-state index contributed by atoms with van der Waals surface area (Å²) in [4.78, 5) is 35.8. The van der Waals surface area contributed by atoms with E-state index in [0.29, 0.717) is 42.9 Å². The molecule has 6 rings (SSSR count). The number of hydrogen-bond donors (Lipinski definition) is 0. The van der Waals surface area contributed by atoms with Crippen molar-refractivity contribution in [2.45, 2.75) is 51.2 Å². The quantitative estimate of drug-likeness (QED) is 0.340. The van der Waals surface area contributed by atoms with Gasteiger partial charge in [0.15, 0.2) is 17.2 Å². The van der Waals surface area contributed by atoms with Gasteiger partial charge in [-0.3, -0.25) is 14.3 Å². The van der Waals surface area contributed by atoms with E-state index < -0.39 is 5.60 Å². The summed E-state index contributed by atoms with van der Waals surface area (Å²) in [5.41, 5.74) is 3.82. The number of amides is 1. The molecule has 206 valence electrons. The third kappa shape index (κ3) is 4.61. The first-order valence-electron chi connectivity index (χ1n) is 13.8. The van der Waals surface area contributed by atoms with Crippen molar-refractivity contribution in [3.8, 4) is 17.0 Å². The van der Waals surface area contributed by atoms with Crippen LogP contribution in [-0.4, -0.2) is 64.1 Å². The van der Waals surface area contributed by atoms with Crippen molar-refractivity contribution in [2.24, 2.45) is 0 Å². The summed E-state index contributed by atoms with van der Waals surface area (Å²) in [7, 11) is 4.02. The zero-order chi connectivity index (χ0) is 28.2. The van der Waals surface area contributed by atoms with Gasteiger partial charge in [-0.15, -0.1) is 0 Å². The molecule has 1 amide bonds. The molecule has 1 saturated heterocycles. The SMILES string of the molecule is CN(C)c1ccc(-c2cc(C(=O)N3CCC4(CC3)CC(=O)c3nn(C(C)(C)C)cc3O4)c3ccccc3n2)cc1. The maximum Gasteiger partial charge on any atom is 0.254 e. The molecule has 8 nitrogen and oxygen atoms in total. The van der Waals surface area contributed by atoms with E-state index in [1.807, 2.05) is 88.4 Å². The minimum atomic E-state index is -0.605. The molecule has 2 aliphatic heterocycles. The Labute approximate surface area is 234 Å². The Morgan fingerprint density at radius 1 is 1.02 bits per heavy atom. The van der Waals surface area contributed by atoms with Gasteiger partial charge in [0.2, 0.25) is 0 Å². The lowest BCUT2D eigenvalue weighted by molar-refractivity contribution is -0.00581. The molecule has 1 spiro atoms. The van der Waals surface area contributed by atoms with Crippen molar-refractivity contribution >= 4 is 28.3 Å². The first kappa shape index (κ1) is 26.0. The number of piperidine rings is 1. The topological polar surface area (TPSA) is 80.6 Å². The molecule has 8 heteroatoms. The van der Waals surface area contributed by atoms with Gasteiger partial charge in [0, 0.05) is 56.7 Å². The molecule has 0 aliphatic carbocycles. The smallest absolute Gasteiger partial charge is 0.254 e. The maximum absolute atomic E-state index is 14.0. The van der Waals surface area contributed by atoms with E-state index in [2.05, 4.69) is 22.1 Å². The number of fused-ring (bicyclic) bond motifs is 2. The number of para-hydroxylation sites is 1. The number of carbonyl (C=O) groups excluding carboxylic acids is 2. The van der Waals surface area contributed by atoms with Gasteiger partial charge >= 0.3 is 0 Å². The van der Waals surface area contributed by atoms with E-state index in [0.717, 1.165) is 27.8 Å². The van der Waals surface area contributed by atoms with E-state index in [4.69, 9.17) is 9.72 Å². The van der Waals surface area contributed by atoms with E-state index in [1.54, 1.807) is 4.68 Å². The standard InChI is InChI=1S/C32H35N5O3/c1-31(2,3)37-20-28-29(34-37)27(38)19-32(40-28)14-16-36(17-15-32)30(39)24-18-26(33-25-9-7-6-8-23(24)25)21-10-12-22(13-11-21)35(4)5/h6-13,18,20H,14-17,19H2,1-5H3. The fourth-order valence-electron chi connectivity index (χ4n) is 5.61. The fourth-order valence-corrected chi connectivity index (χ4v) is 5.61. The predicted octanol–water partition coefficient (Wildman–Crippen LogP) is 5.56. The second-order valence-electron chi connectivity index (χ2n) is 12.1. The molecule has 0 saturated carbocycles. The van der Waals surface area contributed by atoms with E-state index in [9.17, 15) is 9.59 Å². The summed E-state index contributed by atoms with van der Waals surface area (Å²) in [6.07, 6.45) is 3.30. The van der Waals surface area contributed by atoms with E-state index in [1.165, 1.54) is 0 Å². The highest BCUT2D eigenvalue weighted by Gasteiger charge is 2.45. The minimum absolute atomic E-state index is 0.00841. The van der Waals surface area contributed by atoms with Crippen molar-refractivity contribution in [2.75, 3.05) is 32.1 Å². The van der Waals surface area contributed by atoms with Crippen LogP contribution in [0.1, 0.15) is 60.9 Å². The number of anilines is 1. The second-order valence-corrected chi connectivity index (χ2v) is 12.1. The van der Waals surface area contributed by atoms with Gasteiger partial charge in [0.25, 0.3) is 5.91 Å². The molecule has 2 aromatic heterocycles. The van der Waals surface area contributed by atoms with Crippen LogP contribution in [0.25, 0.3) is 22.2 Å². The Morgan fingerprint density at radius 2 is 1.73 bits per heavy atom. The summed E-state index contributed by atoms with van der Waals surface area (Å²) in [6, 6.07) is 17.9. The lowest BCUT2D eigenvalue weighted by Crippen LogP contribution is -2.52. The number of ketones is 1. The maximum atomic E-state index is 14.0. The van der Waals surface area contributed by atoms with Crippen molar-refractivity contribution < 1.29 is 14.3 Å². The number of ether oxygens (including phenoxy) is 1. The number of nitrogens with zero attached hydrogens (tertiary/aromatic N) is 5. The van der Waals surface area contributed by atoms with Gasteiger partial charge in [-0.05, 0) is 45.0 Å². The van der Waals surface area contributed by atoms with Crippen LogP contribution in [0, 0.1) is 0 Å². The first-order chi connectivity index (χ1) is 19.0. The van der Waals surface area contributed by atoms with Crippen LogP contribution in [0.3, 0.4) is 0 Å². The third-order valence-electron chi connectivity index (χ3n) is 8.03. The normalized spacial score (nSPS) is 16.6. The van der Waals surface area contributed by atoms with Crippen LogP contribution >= 0.6 is 0 Å². The summed E-state index contributed by atoms with van der Waals surface area (Å²) in [6.45, 7) is 7.16. The van der Waals surface area contributed by atoms with Crippen molar-refractivity contribution in [1.82, 2.24) is 19.7 Å². The average Bonchev–Trinajstić information content (AvgIpc) is 3.38. The van der Waals surface area contributed by atoms with Crippen LogP contribution in [0.2, 0.25) is 0 Å². The molecule has 0 unspecified atom stereocenters. The number of Topliss-reactive ketones (excluding diaryl/α,β-unsaturated/α-hetero) is 1. The summed E-state index contributed by atoms with van der Waals surface area (Å²) < 4.78 is 8.26. The largest absolute Gasteiger partial charge is 0.483 e. The minimum Gasteiger partial charge on any atom is -0.483 e. The highest BCUT2D eigenvalue weighted by atomic mass is 16.5. The molecule has 0 radical (unpaired) electrons. The average molecular weight is 538 g/mol. The summed E-state index contributed by atoms with van der Waals surface area (Å²) in [5.74, 6) is 0.535. The number of pyridine rings is 1. The van der Waals surface area contributed by atoms with Crippen LogP contribution in [-0.2, 0) is 5.54 Å². The number of carbonyl (C=O) groups is 2. The second kappa shape index (κ2) is 9.47. The molecule has 4 heterocycles. The van der Waals surface area contributed by atoms with E-state index >= 15 is 0 Å². The molecule has 2 aromatic carbocycles. The van der Waals surface area contributed by atoms with Gasteiger partial charge in [-0.2, -0.15) is 5.10 Å². The van der Waals surface area contributed by atoms with Gasteiger partial charge in [-0.25, -0.2) is 4.98 Å². The molecule has 40 heavy (non-hydrogen) atoms. The molecular formula is C32H35N5O3. The number of hydrogen-bond acceptors (Lipinski definition) is 6. The molecule has 1 fully saturated rings. The van der Waals surface area contributed by atoms with Gasteiger partial charge < -0.3 is 14.5 Å². The van der Waals surface area contributed by atoms with Gasteiger partial charge in [0.1, 0.15) is 5.60 Å². The number of likely N-dealkylation sites (tertiary alicyclic amines) is 1. The zero-order valence-corrected chi connectivity index (χ0v) is 23.8. The number of benzene rings is 2. The Balaban J connectivity index is 1.25. The molecule has 4 aromatic rings. The lowest BCUT2D eigenvalue weighted by atomic mass is 9.83. The first-order valence-corrected chi connectivity index (χ1v) is 13.8.